The minimum Gasteiger partial charge on any atom is -0.506 e. The molecule has 1 amide bonds. The fourth-order valence-corrected chi connectivity index (χ4v) is 2.09. The van der Waals surface area contributed by atoms with Crippen molar-refractivity contribution in [2.24, 2.45) is 0 Å². The minimum absolute atomic E-state index is 0.0202. The van der Waals surface area contributed by atoms with Gasteiger partial charge in [0.15, 0.2) is 5.82 Å². The van der Waals surface area contributed by atoms with E-state index in [1.54, 1.807) is 25.1 Å². The normalized spacial score (nSPS) is 10.5. The number of hydrogen-bond donors (Lipinski definition) is 3. The van der Waals surface area contributed by atoms with Gasteiger partial charge in [-0.25, -0.2) is 9.78 Å². The predicted molar refractivity (Wildman–Crippen MR) is 82.8 cm³/mol. The Bertz CT molecular complexity index is 908. The molecule has 0 spiro atoms. The van der Waals surface area contributed by atoms with Crippen LogP contribution in [-0.4, -0.2) is 31.0 Å². The average Bonchev–Trinajstić information content (AvgIpc) is 2.92. The summed E-state index contributed by atoms with van der Waals surface area (Å²) in [5, 5.41) is 22.6. The van der Waals surface area contributed by atoms with Crippen molar-refractivity contribution in [2.45, 2.75) is 6.92 Å². The number of rotatable bonds is 3. The number of aromatic amines is 1. The molecule has 2 heterocycles. The number of carbonyl (C=O) groups is 1. The first kappa shape index (κ1) is 14.5. The van der Waals surface area contributed by atoms with Crippen LogP contribution in [0.1, 0.15) is 16.1 Å². The molecule has 3 N–H and O–H groups in total. The molecule has 2 aromatic heterocycles. The van der Waals surface area contributed by atoms with Crippen LogP contribution in [0.5, 0.6) is 5.75 Å². The minimum atomic E-state index is -0.403. The number of aromatic hydroxyl groups is 1. The monoisotopic (exact) mass is 311 g/mol. The van der Waals surface area contributed by atoms with Crippen molar-refractivity contribution in [1.29, 1.82) is 0 Å². The second-order valence-corrected chi connectivity index (χ2v) is 4.81. The van der Waals surface area contributed by atoms with E-state index in [9.17, 15) is 14.7 Å². The van der Waals surface area contributed by atoms with Crippen molar-refractivity contribution in [3.63, 3.8) is 0 Å². The first-order valence-corrected chi connectivity index (χ1v) is 6.76. The molecule has 0 aliphatic carbocycles. The highest BCUT2D eigenvalue weighted by Crippen LogP contribution is 2.23. The third-order valence-electron chi connectivity index (χ3n) is 3.29. The molecule has 0 bridgehead atoms. The van der Waals surface area contributed by atoms with Crippen molar-refractivity contribution in [2.75, 3.05) is 5.32 Å². The third kappa shape index (κ3) is 2.82. The zero-order chi connectivity index (χ0) is 16.4. The molecule has 0 fully saturated rings. The maximum atomic E-state index is 12.3. The molecule has 0 unspecified atom stereocenters. The highest BCUT2D eigenvalue weighted by Gasteiger charge is 2.16. The number of para-hydroxylation sites is 2. The number of anilines is 1. The number of benzene rings is 1. The number of phenols is 1. The van der Waals surface area contributed by atoms with Crippen molar-refractivity contribution < 1.29 is 9.90 Å². The van der Waals surface area contributed by atoms with Crippen LogP contribution >= 0.6 is 0 Å². The van der Waals surface area contributed by atoms with Crippen molar-refractivity contribution >= 4 is 11.6 Å². The number of nitrogens with one attached hydrogen (secondary N) is 2. The van der Waals surface area contributed by atoms with Crippen LogP contribution in [0.2, 0.25) is 0 Å². The second-order valence-electron chi connectivity index (χ2n) is 4.81. The summed E-state index contributed by atoms with van der Waals surface area (Å²) in [6.07, 6.45) is 1.40. The number of amides is 1. The fraction of sp³-hybridized carbons (Fsp3) is 0.0667. The van der Waals surface area contributed by atoms with Gasteiger partial charge < -0.3 is 10.4 Å². The first-order valence-electron chi connectivity index (χ1n) is 6.76. The van der Waals surface area contributed by atoms with Gasteiger partial charge in [-0.15, -0.1) is 0 Å². The SMILES string of the molecule is Cc1c(C(=O)Nc2ccccc2O)cnn1-c1ccc(=O)[nH]n1. The first-order chi connectivity index (χ1) is 11.1. The number of nitrogens with zero attached hydrogens (tertiary/aromatic N) is 3. The lowest BCUT2D eigenvalue weighted by atomic mass is 10.2. The van der Waals surface area contributed by atoms with Crippen LogP contribution in [0.15, 0.2) is 47.4 Å². The third-order valence-corrected chi connectivity index (χ3v) is 3.29. The fourth-order valence-electron chi connectivity index (χ4n) is 2.09. The lowest BCUT2D eigenvalue weighted by Gasteiger charge is -2.07. The molecule has 3 rings (SSSR count). The average molecular weight is 311 g/mol. The van der Waals surface area contributed by atoms with E-state index in [0.29, 0.717) is 22.8 Å². The van der Waals surface area contributed by atoms with E-state index in [4.69, 9.17) is 0 Å². The molecule has 0 aliphatic rings. The molecule has 116 valence electrons. The molecule has 0 saturated carbocycles. The molecule has 3 aromatic rings. The van der Waals surface area contributed by atoms with Crippen molar-refractivity contribution in [3.8, 4) is 11.6 Å². The van der Waals surface area contributed by atoms with Gasteiger partial charge in [0.25, 0.3) is 11.5 Å². The van der Waals surface area contributed by atoms with Crippen LogP contribution in [0.3, 0.4) is 0 Å². The van der Waals surface area contributed by atoms with E-state index >= 15 is 0 Å². The zero-order valence-electron chi connectivity index (χ0n) is 12.1. The smallest absolute Gasteiger partial charge is 0.264 e. The summed E-state index contributed by atoms with van der Waals surface area (Å²) in [4.78, 5) is 23.4. The van der Waals surface area contributed by atoms with Gasteiger partial charge in [-0.1, -0.05) is 12.1 Å². The van der Waals surface area contributed by atoms with Gasteiger partial charge >= 0.3 is 0 Å². The highest BCUT2D eigenvalue weighted by molar-refractivity contribution is 6.05. The van der Waals surface area contributed by atoms with Gasteiger partial charge in [0, 0.05) is 6.07 Å². The molecular formula is C15H13N5O3. The molecule has 0 saturated heterocycles. The Kier molecular flexibility index (Phi) is 3.63. The molecule has 0 aliphatic heterocycles. The molecule has 8 nitrogen and oxygen atoms in total. The lowest BCUT2D eigenvalue weighted by Crippen LogP contribution is -2.14. The maximum absolute atomic E-state index is 12.3. The molecule has 23 heavy (non-hydrogen) atoms. The molecular weight excluding hydrogens is 298 g/mol. The summed E-state index contributed by atoms with van der Waals surface area (Å²) < 4.78 is 1.44. The number of H-pyrrole nitrogens is 1. The summed E-state index contributed by atoms with van der Waals surface area (Å²) in [5.41, 5.74) is 0.876. The van der Waals surface area contributed by atoms with Gasteiger partial charge in [0.2, 0.25) is 0 Å². The molecule has 0 atom stereocenters. The van der Waals surface area contributed by atoms with E-state index in [-0.39, 0.29) is 11.3 Å². The predicted octanol–water partition coefficient (Wildman–Crippen LogP) is 1.22. The number of carbonyl (C=O) groups excluding carboxylic acids is 1. The van der Waals surface area contributed by atoms with Crippen LogP contribution in [-0.2, 0) is 0 Å². The van der Waals surface area contributed by atoms with Gasteiger partial charge in [-0.2, -0.15) is 10.2 Å². The molecule has 0 radical (unpaired) electrons. The molecule has 8 heteroatoms. The second kappa shape index (κ2) is 5.76. The van der Waals surface area contributed by atoms with Crippen LogP contribution < -0.4 is 10.9 Å². The Morgan fingerprint density at radius 1 is 1.26 bits per heavy atom. The van der Waals surface area contributed by atoms with Gasteiger partial charge in [0.05, 0.1) is 23.1 Å². The van der Waals surface area contributed by atoms with Gasteiger partial charge in [0.1, 0.15) is 5.75 Å². The van der Waals surface area contributed by atoms with Crippen LogP contribution in [0.25, 0.3) is 5.82 Å². The van der Waals surface area contributed by atoms with E-state index in [1.165, 1.54) is 29.1 Å². The number of aromatic nitrogens is 4. The topological polar surface area (TPSA) is 113 Å². The van der Waals surface area contributed by atoms with Crippen molar-refractivity contribution in [1.82, 2.24) is 20.0 Å². The Balaban J connectivity index is 1.90. The van der Waals surface area contributed by atoms with Gasteiger partial charge in [-0.05, 0) is 25.1 Å². The standard InChI is InChI=1S/C15H13N5O3/c1-9-10(15(23)17-11-4-2-3-5-12(11)21)8-16-20(9)13-6-7-14(22)19-18-13/h2-8,21H,1H3,(H,17,23)(H,19,22). The van der Waals surface area contributed by atoms with E-state index in [0.717, 1.165) is 0 Å². The van der Waals surface area contributed by atoms with E-state index in [2.05, 4.69) is 20.6 Å². The summed E-state index contributed by atoms with van der Waals surface area (Å²) >= 11 is 0. The summed E-state index contributed by atoms with van der Waals surface area (Å²) in [6.45, 7) is 1.71. The van der Waals surface area contributed by atoms with Gasteiger partial charge in [-0.3, -0.25) is 9.59 Å². The Labute approximate surface area is 130 Å². The van der Waals surface area contributed by atoms with E-state index in [1.807, 2.05) is 0 Å². The highest BCUT2D eigenvalue weighted by atomic mass is 16.3. The summed E-state index contributed by atoms with van der Waals surface area (Å²) in [7, 11) is 0. The summed E-state index contributed by atoms with van der Waals surface area (Å²) in [5.74, 6) is -0.0309. The Morgan fingerprint density at radius 3 is 2.74 bits per heavy atom. The lowest BCUT2D eigenvalue weighted by molar-refractivity contribution is 0.102. The number of hydrogen-bond acceptors (Lipinski definition) is 5. The summed E-state index contributed by atoms with van der Waals surface area (Å²) in [6, 6.07) is 9.27. The quantitative estimate of drug-likeness (QED) is 0.629. The Morgan fingerprint density at radius 2 is 2.04 bits per heavy atom. The van der Waals surface area contributed by atoms with Crippen molar-refractivity contribution in [3.05, 3.63) is 64.2 Å². The van der Waals surface area contributed by atoms with Crippen LogP contribution in [0, 0.1) is 6.92 Å². The number of phenolic OH excluding ortho intramolecular Hbond substituents is 1. The Hall–Kier alpha value is -3.42. The molecule has 1 aromatic carbocycles. The van der Waals surface area contributed by atoms with Crippen LogP contribution in [0.4, 0.5) is 5.69 Å². The maximum Gasteiger partial charge on any atom is 0.264 e. The largest absolute Gasteiger partial charge is 0.506 e. The zero-order valence-corrected chi connectivity index (χ0v) is 12.1. The van der Waals surface area contributed by atoms with E-state index < -0.39 is 5.91 Å².